The second kappa shape index (κ2) is 6.75. The lowest BCUT2D eigenvalue weighted by Gasteiger charge is -2.24. The molecule has 1 unspecified atom stereocenters. The number of nitrogens with zero attached hydrogens (tertiary/aromatic N) is 1. The minimum atomic E-state index is -0.576. The Labute approximate surface area is 136 Å². The summed E-state index contributed by atoms with van der Waals surface area (Å²) >= 11 is 5.57. The van der Waals surface area contributed by atoms with Crippen molar-refractivity contribution >= 4 is 23.4 Å². The molecule has 0 saturated carbocycles. The molecule has 0 aliphatic carbocycles. The summed E-state index contributed by atoms with van der Waals surface area (Å²) in [5.41, 5.74) is 2.63. The van der Waals surface area contributed by atoms with Crippen molar-refractivity contribution < 1.29 is 14.6 Å². The monoisotopic (exact) mass is 326 g/mol. The number of nitrogens with one attached hydrogen (secondary N) is 1. The third-order valence-electron chi connectivity index (χ3n) is 3.30. The number of aliphatic hydroxyl groups is 1. The predicted molar refractivity (Wildman–Crippen MR) is 87.1 cm³/mol. The molecule has 1 aliphatic rings. The number of ether oxygens (including phenoxy) is 1. The Bertz CT molecular complexity index is 543. The molecule has 2 rings (SSSR count). The molecule has 1 amide bonds. The van der Waals surface area contributed by atoms with Crippen LogP contribution in [0.3, 0.4) is 0 Å². The first-order valence-corrected chi connectivity index (χ1v) is 7.89. The van der Waals surface area contributed by atoms with Crippen LogP contribution in [-0.4, -0.2) is 40.2 Å². The zero-order valence-corrected chi connectivity index (χ0v) is 14.0. The lowest BCUT2D eigenvalue weighted by Crippen LogP contribution is -2.33. The average molecular weight is 327 g/mol. The number of carbonyl (C=O) groups is 1. The third kappa shape index (κ3) is 4.52. The van der Waals surface area contributed by atoms with Gasteiger partial charge < -0.3 is 15.2 Å². The molecule has 6 heteroatoms. The van der Waals surface area contributed by atoms with E-state index in [4.69, 9.17) is 16.3 Å². The summed E-state index contributed by atoms with van der Waals surface area (Å²) in [5.74, 6) is 0.199. The van der Waals surface area contributed by atoms with Gasteiger partial charge in [-0.2, -0.15) is 0 Å². The Morgan fingerprint density at radius 1 is 1.41 bits per heavy atom. The molecule has 0 bridgehead atoms. The Balaban J connectivity index is 1.98. The molecular weight excluding hydrogens is 304 g/mol. The second-order valence-electron chi connectivity index (χ2n) is 6.51. The number of hydrogen-bond donors (Lipinski definition) is 2. The van der Waals surface area contributed by atoms with E-state index in [0.717, 1.165) is 16.8 Å². The van der Waals surface area contributed by atoms with Gasteiger partial charge in [-0.25, -0.2) is 4.79 Å². The molecule has 122 valence electrons. The van der Waals surface area contributed by atoms with Crippen molar-refractivity contribution in [2.75, 3.05) is 17.7 Å². The lowest BCUT2D eigenvalue weighted by molar-refractivity contribution is 0.0242. The summed E-state index contributed by atoms with van der Waals surface area (Å²) in [6, 6.07) is 5.94. The smallest absolute Gasteiger partial charge is 0.410 e. The summed E-state index contributed by atoms with van der Waals surface area (Å²) in [6.07, 6.45) is -0.871. The maximum atomic E-state index is 12.1. The fourth-order valence-corrected chi connectivity index (χ4v) is 2.36. The van der Waals surface area contributed by atoms with Crippen molar-refractivity contribution in [3.63, 3.8) is 0 Å². The summed E-state index contributed by atoms with van der Waals surface area (Å²) in [4.78, 5) is 13.8. The van der Waals surface area contributed by atoms with Crippen LogP contribution >= 0.6 is 11.6 Å². The standard InChI is InChI=1S/C16H23ClN2O3/c1-16(2,3)22-15(21)19-9-11-4-5-13(6-12(11)10-19)18-8-14(20)7-17/h4-6,14,18,20H,7-10H2,1-3H3. The highest BCUT2D eigenvalue weighted by Gasteiger charge is 2.27. The molecule has 1 aromatic carbocycles. The molecule has 0 spiro atoms. The second-order valence-corrected chi connectivity index (χ2v) is 6.82. The van der Waals surface area contributed by atoms with Crippen LogP contribution in [-0.2, 0) is 17.8 Å². The van der Waals surface area contributed by atoms with E-state index in [-0.39, 0.29) is 12.0 Å². The Morgan fingerprint density at radius 3 is 2.73 bits per heavy atom. The van der Waals surface area contributed by atoms with Crippen molar-refractivity contribution in [1.82, 2.24) is 4.90 Å². The number of rotatable bonds is 4. The van der Waals surface area contributed by atoms with Crippen LogP contribution in [0.4, 0.5) is 10.5 Å². The zero-order valence-electron chi connectivity index (χ0n) is 13.2. The topological polar surface area (TPSA) is 61.8 Å². The van der Waals surface area contributed by atoms with E-state index in [1.165, 1.54) is 0 Å². The quantitative estimate of drug-likeness (QED) is 0.835. The van der Waals surface area contributed by atoms with Crippen molar-refractivity contribution in [2.45, 2.75) is 45.6 Å². The predicted octanol–water partition coefficient (Wildman–Crippen LogP) is 2.95. The summed E-state index contributed by atoms with van der Waals surface area (Å²) in [6.45, 7) is 7.08. The van der Waals surface area contributed by atoms with Gasteiger partial charge in [-0.1, -0.05) is 6.07 Å². The van der Waals surface area contributed by atoms with Crippen LogP contribution < -0.4 is 5.32 Å². The molecule has 1 atom stereocenters. The SMILES string of the molecule is CC(C)(C)OC(=O)N1Cc2ccc(NCC(O)CCl)cc2C1. The van der Waals surface area contributed by atoms with E-state index < -0.39 is 11.7 Å². The zero-order chi connectivity index (χ0) is 16.3. The Hall–Kier alpha value is -1.46. The molecule has 1 aromatic rings. The van der Waals surface area contributed by atoms with Gasteiger partial charge in [-0.05, 0) is 44.0 Å². The number of fused-ring (bicyclic) bond motifs is 1. The molecule has 1 aliphatic heterocycles. The number of amides is 1. The van der Waals surface area contributed by atoms with Gasteiger partial charge in [0.2, 0.25) is 0 Å². The van der Waals surface area contributed by atoms with Crippen LogP contribution in [0.2, 0.25) is 0 Å². The van der Waals surface area contributed by atoms with E-state index in [9.17, 15) is 9.90 Å². The highest BCUT2D eigenvalue weighted by molar-refractivity contribution is 6.18. The number of anilines is 1. The van der Waals surface area contributed by atoms with Gasteiger partial charge in [0.25, 0.3) is 0 Å². The molecule has 22 heavy (non-hydrogen) atoms. The van der Waals surface area contributed by atoms with Crippen LogP contribution in [0.15, 0.2) is 18.2 Å². The molecule has 5 nitrogen and oxygen atoms in total. The van der Waals surface area contributed by atoms with E-state index in [0.29, 0.717) is 19.6 Å². The van der Waals surface area contributed by atoms with Crippen LogP contribution in [0.1, 0.15) is 31.9 Å². The van der Waals surface area contributed by atoms with Crippen LogP contribution in [0.5, 0.6) is 0 Å². The molecule has 0 saturated heterocycles. The highest BCUT2D eigenvalue weighted by Crippen LogP contribution is 2.27. The molecule has 2 N–H and O–H groups in total. The summed E-state index contributed by atoms with van der Waals surface area (Å²) in [5, 5.41) is 12.6. The number of benzene rings is 1. The molecule has 1 heterocycles. The summed E-state index contributed by atoms with van der Waals surface area (Å²) in [7, 11) is 0. The first kappa shape index (κ1) is 16.9. The van der Waals surface area contributed by atoms with Crippen molar-refractivity contribution in [2.24, 2.45) is 0 Å². The van der Waals surface area contributed by atoms with Gasteiger partial charge in [0.05, 0.1) is 12.0 Å². The van der Waals surface area contributed by atoms with Gasteiger partial charge in [-0.15, -0.1) is 11.6 Å². The van der Waals surface area contributed by atoms with E-state index >= 15 is 0 Å². The van der Waals surface area contributed by atoms with E-state index in [2.05, 4.69) is 5.32 Å². The number of carbonyl (C=O) groups excluding carboxylic acids is 1. The molecule has 0 fully saturated rings. The van der Waals surface area contributed by atoms with Gasteiger partial charge in [0, 0.05) is 25.3 Å². The molecular formula is C16H23ClN2O3. The Morgan fingerprint density at radius 2 is 2.09 bits per heavy atom. The van der Waals surface area contributed by atoms with Gasteiger partial charge in [0.15, 0.2) is 0 Å². The first-order chi connectivity index (χ1) is 10.3. The maximum Gasteiger partial charge on any atom is 0.410 e. The van der Waals surface area contributed by atoms with Crippen molar-refractivity contribution in [3.05, 3.63) is 29.3 Å². The summed E-state index contributed by atoms with van der Waals surface area (Å²) < 4.78 is 5.40. The van der Waals surface area contributed by atoms with Gasteiger partial charge >= 0.3 is 6.09 Å². The lowest BCUT2D eigenvalue weighted by atomic mass is 10.1. The number of hydrogen-bond acceptors (Lipinski definition) is 4. The van der Waals surface area contributed by atoms with Gasteiger partial charge in [0.1, 0.15) is 5.60 Å². The number of halogens is 1. The van der Waals surface area contributed by atoms with Crippen molar-refractivity contribution in [1.29, 1.82) is 0 Å². The molecule has 0 aromatic heterocycles. The fourth-order valence-electron chi connectivity index (χ4n) is 2.25. The largest absolute Gasteiger partial charge is 0.444 e. The van der Waals surface area contributed by atoms with Crippen molar-refractivity contribution in [3.8, 4) is 0 Å². The third-order valence-corrected chi connectivity index (χ3v) is 3.66. The minimum absolute atomic E-state index is 0.199. The highest BCUT2D eigenvalue weighted by atomic mass is 35.5. The van der Waals surface area contributed by atoms with Gasteiger partial charge in [-0.3, -0.25) is 4.90 Å². The minimum Gasteiger partial charge on any atom is -0.444 e. The van der Waals surface area contributed by atoms with E-state index in [1.807, 2.05) is 39.0 Å². The van der Waals surface area contributed by atoms with Crippen LogP contribution in [0.25, 0.3) is 0 Å². The van der Waals surface area contributed by atoms with Crippen LogP contribution in [0, 0.1) is 0 Å². The number of aliphatic hydroxyl groups excluding tert-OH is 1. The average Bonchev–Trinajstić information content (AvgIpc) is 2.86. The van der Waals surface area contributed by atoms with E-state index in [1.54, 1.807) is 4.90 Å². The fraction of sp³-hybridized carbons (Fsp3) is 0.562. The first-order valence-electron chi connectivity index (χ1n) is 7.36. The number of alkyl halides is 1. The normalized spacial score (nSPS) is 15.4. The Kier molecular flexibility index (Phi) is 5.19. The molecule has 0 radical (unpaired) electrons. The maximum absolute atomic E-state index is 12.1.